The van der Waals surface area contributed by atoms with E-state index in [9.17, 15) is 9.59 Å². The highest BCUT2D eigenvalue weighted by Gasteiger charge is 2.57. The number of hydrogen-bond acceptors (Lipinski definition) is 2. The first-order valence-corrected chi connectivity index (χ1v) is 5.60. The Kier molecular flexibility index (Phi) is 2.24. The molecule has 4 heteroatoms. The van der Waals surface area contributed by atoms with Crippen molar-refractivity contribution in [3.8, 4) is 0 Å². The summed E-state index contributed by atoms with van der Waals surface area (Å²) in [6.45, 7) is 4.45. The van der Waals surface area contributed by atoms with Crippen molar-refractivity contribution >= 4 is 11.8 Å². The van der Waals surface area contributed by atoms with Crippen LogP contribution in [0.15, 0.2) is 0 Å². The summed E-state index contributed by atoms with van der Waals surface area (Å²) in [7, 11) is 0. The van der Waals surface area contributed by atoms with Crippen molar-refractivity contribution in [1.29, 1.82) is 0 Å². The number of hydrogen-bond donors (Lipinski definition) is 1. The second kappa shape index (κ2) is 3.22. The molecule has 0 radical (unpaired) electrons. The SMILES string of the molecule is CC1C(=O)N2CCCCC2C1(C)C(N)=O. The van der Waals surface area contributed by atoms with Crippen LogP contribution in [0.1, 0.15) is 33.1 Å². The topological polar surface area (TPSA) is 63.4 Å². The highest BCUT2D eigenvalue weighted by molar-refractivity contribution is 5.94. The summed E-state index contributed by atoms with van der Waals surface area (Å²) in [5.74, 6) is -0.503. The fourth-order valence-electron chi connectivity index (χ4n) is 2.99. The Labute approximate surface area is 89.8 Å². The fraction of sp³-hybridized carbons (Fsp3) is 0.818. The van der Waals surface area contributed by atoms with Gasteiger partial charge in [0, 0.05) is 12.6 Å². The van der Waals surface area contributed by atoms with Gasteiger partial charge in [-0.05, 0) is 26.2 Å². The Balaban J connectivity index is 2.39. The van der Waals surface area contributed by atoms with Gasteiger partial charge in [-0.3, -0.25) is 9.59 Å². The lowest BCUT2D eigenvalue weighted by atomic mass is 9.73. The molecule has 15 heavy (non-hydrogen) atoms. The maximum absolute atomic E-state index is 12.0. The Morgan fingerprint density at radius 2 is 2.20 bits per heavy atom. The van der Waals surface area contributed by atoms with Gasteiger partial charge in [-0.2, -0.15) is 0 Å². The number of fused-ring (bicyclic) bond motifs is 1. The van der Waals surface area contributed by atoms with Gasteiger partial charge in [0.25, 0.3) is 0 Å². The molecule has 0 aliphatic carbocycles. The third-order valence-corrected chi connectivity index (χ3v) is 4.28. The molecule has 2 aliphatic heterocycles. The summed E-state index contributed by atoms with van der Waals surface area (Å²) in [5.41, 5.74) is 4.80. The van der Waals surface area contributed by atoms with Gasteiger partial charge < -0.3 is 10.6 Å². The van der Waals surface area contributed by atoms with E-state index in [0.717, 1.165) is 25.8 Å². The van der Waals surface area contributed by atoms with Crippen molar-refractivity contribution in [3.05, 3.63) is 0 Å². The lowest BCUT2D eigenvalue weighted by Gasteiger charge is -2.36. The van der Waals surface area contributed by atoms with Gasteiger partial charge in [0.2, 0.25) is 11.8 Å². The highest BCUT2D eigenvalue weighted by Crippen LogP contribution is 2.45. The van der Waals surface area contributed by atoms with Crippen LogP contribution in [0.3, 0.4) is 0 Å². The summed E-state index contributed by atoms with van der Waals surface area (Å²) in [4.78, 5) is 25.4. The highest BCUT2D eigenvalue weighted by atomic mass is 16.2. The predicted octanol–water partition coefficient (Wildman–Crippen LogP) is 0.509. The van der Waals surface area contributed by atoms with Crippen LogP contribution in [0.2, 0.25) is 0 Å². The van der Waals surface area contributed by atoms with Gasteiger partial charge in [0.15, 0.2) is 0 Å². The first-order valence-electron chi connectivity index (χ1n) is 5.60. The van der Waals surface area contributed by atoms with Gasteiger partial charge in [-0.25, -0.2) is 0 Å². The number of carbonyl (C=O) groups is 2. The molecule has 2 heterocycles. The van der Waals surface area contributed by atoms with E-state index in [0.29, 0.717) is 0 Å². The Hall–Kier alpha value is -1.06. The first-order chi connectivity index (χ1) is 6.99. The van der Waals surface area contributed by atoms with Crippen LogP contribution in [-0.2, 0) is 9.59 Å². The number of primary amides is 1. The molecule has 0 aromatic carbocycles. The molecule has 3 unspecified atom stereocenters. The standard InChI is InChI=1S/C11H18N2O2/c1-7-9(14)13-6-4-3-5-8(13)11(7,2)10(12)15/h7-8H,3-6H2,1-2H3,(H2,12,15). The number of rotatable bonds is 1. The average Bonchev–Trinajstić information content (AvgIpc) is 2.43. The van der Waals surface area contributed by atoms with Crippen molar-refractivity contribution in [1.82, 2.24) is 4.90 Å². The monoisotopic (exact) mass is 210 g/mol. The molecule has 0 aromatic heterocycles. The van der Waals surface area contributed by atoms with Crippen LogP contribution in [-0.4, -0.2) is 29.3 Å². The van der Waals surface area contributed by atoms with Gasteiger partial charge >= 0.3 is 0 Å². The van der Waals surface area contributed by atoms with Gasteiger partial charge in [0.05, 0.1) is 11.3 Å². The van der Waals surface area contributed by atoms with E-state index >= 15 is 0 Å². The number of nitrogens with two attached hydrogens (primary N) is 1. The maximum Gasteiger partial charge on any atom is 0.226 e. The van der Waals surface area contributed by atoms with Crippen LogP contribution in [0.4, 0.5) is 0 Å². The zero-order valence-electron chi connectivity index (χ0n) is 9.32. The predicted molar refractivity (Wildman–Crippen MR) is 55.8 cm³/mol. The summed E-state index contributed by atoms with van der Waals surface area (Å²) >= 11 is 0. The molecular formula is C11H18N2O2. The third kappa shape index (κ3) is 1.20. The minimum absolute atomic E-state index is 0.0336. The smallest absolute Gasteiger partial charge is 0.226 e. The number of amides is 2. The summed E-state index contributed by atoms with van der Waals surface area (Å²) in [6.07, 6.45) is 3.04. The minimum Gasteiger partial charge on any atom is -0.369 e. The Morgan fingerprint density at radius 3 is 2.80 bits per heavy atom. The van der Waals surface area contributed by atoms with Gasteiger partial charge in [-0.1, -0.05) is 6.92 Å². The number of piperidine rings is 1. The molecule has 0 spiro atoms. The van der Waals surface area contributed by atoms with E-state index in [1.165, 1.54) is 0 Å². The van der Waals surface area contributed by atoms with Crippen LogP contribution in [0, 0.1) is 11.3 Å². The van der Waals surface area contributed by atoms with Crippen molar-refractivity contribution < 1.29 is 9.59 Å². The molecule has 2 N–H and O–H groups in total. The van der Waals surface area contributed by atoms with Crippen LogP contribution in [0.25, 0.3) is 0 Å². The molecule has 2 aliphatic rings. The molecular weight excluding hydrogens is 192 g/mol. The van der Waals surface area contributed by atoms with Crippen molar-refractivity contribution in [2.75, 3.05) is 6.54 Å². The molecule has 0 saturated carbocycles. The number of nitrogens with zero attached hydrogens (tertiary/aromatic N) is 1. The zero-order valence-corrected chi connectivity index (χ0v) is 9.32. The van der Waals surface area contributed by atoms with E-state index in [-0.39, 0.29) is 23.8 Å². The van der Waals surface area contributed by atoms with E-state index in [2.05, 4.69) is 0 Å². The summed E-state index contributed by atoms with van der Waals surface area (Å²) in [5, 5.41) is 0. The van der Waals surface area contributed by atoms with E-state index < -0.39 is 5.41 Å². The molecule has 84 valence electrons. The average molecular weight is 210 g/mol. The van der Waals surface area contributed by atoms with Gasteiger partial charge in [-0.15, -0.1) is 0 Å². The van der Waals surface area contributed by atoms with Crippen LogP contribution < -0.4 is 5.73 Å². The fourth-order valence-corrected chi connectivity index (χ4v) is 2.99. The summed E-state index contributed by atoms with van der Waals surface area (Å²) in [6, 6.07) is 0.0336. The largest absolute Gasteiger partial charge is 0.369 e. The van der Waals surface area contributed by atoms with E-state index in [1.54, 1.807) is 0 Å². The minimum atomic E-state index is -0.669. The van der Waals surface area contributed by atoms with Crippen molar-refractivity contribution in [2.45, 2.75) is 39.2 Å². The molecule has 2 amide bonds. The third-order valence-electron chi connectivity index (χ3n) is 4.28. The van der Waals surface area contributed by atoms with Crippen LogP contribution >= 0.6 is 0 Å². The molecule has 0 bridgehead atoms. The first kappa shape index (κ1) is 10.5. The molecule has 2 fully saturated rings. The normalized spacial score (nSPS) is 40.4. The maximum atomic E-state index is 12.0. The zero-order chi connectivity index (χ0) is 11.2. The van der Waals surface area contributed by atoms with E-state index in [4.69, 9.17) is 5.73 Å². The van der Waals surface area contributed by atoms with Crippen molar-refractivity contribution in [3.63, 3.8) is 0 Å². The molecule has 2 saturated heterocycles. The quantitative estimate of drug-likeness (QED) is 0.685. The summed E-state index contributed by atoms with van der Waals surface area (Å²) < 4.78 is 0. The molecule has 0 aromatic rings. The lowest BCUT2D eigenvalue weighted by Crippen LogP contribution is -2.49. The molecule has 3 atom stereocenters. The lowest BCUT2D eigenvalue weighted by molar-refractivity contribution is -0.134. The Morgan fingerprint density at radius 1 is 1.53 bits per heavy atom. The van der Waals surface area contributed by atoms with E-state index in [1.807, 2.05) is 18.7 Å². The van der Waals surface area contributed by atoms with Crippen LogP contribution in [0.5, 0.6) is 0 Å². The second-order valence-electron chi connectivity index (χ2n) is 4.91. The second-order valence-corrected chi connectivity index (χ2v) is 4.91. The molecule has 4 nitrogen and oxygen atoms in total. The van der Waals surface area contributed by atoms with Gasteiger partial charge in [0.1, 0.15) is 0 Å². The number of carbonyl (C=O) groups excluding carboxylic acids is 2. The van der Waals surface area contributed by atoms with Crippen molar-refractivity contribution in [2.24, 2.45) is 17.1 Å². The Bertz CT molecular complexity index is 316. The molecule has 2 rings (SSSR count).